The molecule has 0 heterocycles. The largest absolute Gasteiger partial charge is 0.478 e. The third-order valence-electron chi connectivity index (χ3n) is 1.59. The minimum atomic E-state index is -1.42. The molecule has 0 unspecified atom stereocenters. The average molecular weight is 169 g/mol. The van der Waals surface area contributed by atoms with Gasteiger partial charge in [-0.15, -0.1) is 0 Å². The molecule has 1 radical (unpaired) electrons. The number of hydrogen-bond acceptors (Lipinski definition) is 3. The highest BCUT2D eigenvalue weighted by atomic mass is 16.4. The number of carboxylic acid groups (broad SMARTS) is 1. The molecule has 1 N–H and O–H groups in total. The van der Waals surface area contributed by atoms with Gasteiger partial charge in [0.25, 0.3) is 5.78 Å². The summed E-state index contributed by atoms with van der Waals surface area (Å²) in [5, 5.41) is 19.2. The Kier molecular flexibility index (Phi) is 1.95. The minimum Gasteiger partial charge on any atom is -0.478 e. The van der Waals surface area contributed by atoms with E-state index in [1.807, 2.05) is 0 Å². The summed E-state index contributed by atoms with van der Waals surface area (Å²) in [6, 6.07) is 0. The number of carboxylic acids is 1. The van der Waals surface area contributed by atoms with Crippen LogP contribution >= 0.6 is 0 Å². The Labute approximate surface area is 67.3 Å². The Bertz CT molecular complexity index is 299. The Hall–Kier alpha value is -1.65. The number of carbonyl (C=O) groups is 3. The molecule has 0 fully saturated rings. The number of hydrogen-bond donors (Lipinski definition) is 1. The zero-order valence-electron chi connectivity index (χ0n) is 5.99. The van der Waals surface area contributed by atoms with Gasteiger partial charge in [0.05, 0.1) is 5.57 Å². The van der Waals surface area contributed by atoms with E-state index >= 15 is 0 Å². The van der Waals surface area contributed by atoms with Crippen molar-refractivity contribution >= 4 is 17.5 Å². The van der Waals surface area contributed by atoms with E-state index in [1.54, 1.807) is 0 Å². The maximum atomic E-state index is 10.8. The fourth-order valence-electron chi connectivity index (χ4n) is 0.933. The molecular weight excluding hydrogens is 164 g/mol. The number of ketones is 2. The topological polar surface area (TPSA) is 91.3 Å². The molecule has 0 atom stereocenters. The zero-order valence-corrected chi connectivity index (χ0v) is 5.99. The van der Waals surface area contributed by atoms with Gasteiger partial charge in [-0.05, 0) is 6.42 Å². The molecule has 1 aliphatic carbocycles. The molecule has 0 aromatic carbocycles. The van der Waals surface area contributed by atoms with E-state index in [0.717, 1.165) is 0 Å². The molecule has 5 nitrogen and oxygen atoms in total. The van der Waals surface area contributed by atoms with Crippen molar-refractivity contribution in [2.75, 3.05) is 0 Å². The first kappa shape index (κ1) is 8.45. The molecule has 0 aliphatic heterocycles. The Balaban J connectivity index is 3.09. The zero-order chi connectivity index (χ0) is 9.30. The molecule has 63 valence electrons. The number of rotatable bonds is 1. The minimum absolute atomic E-state index is 0.140. The predicted molar refractivity (Wildman–Crippen MR) is 34.6 cm³/mol. The van der Waals surface area contributed by atoms with Crippen molar-refractivity contribution in [2.24, 2.45) is 0 Å². The standard InChI is InChI=1S/C7H5O5/c8-4-2-1-3(7(11)12)5(9)6(4)10/h1-2H2,(H,11,12). The van der Waals surface area contributed by atoms with E-state index in [2.05, 4.69) is 0 Å². The number of carbonyl (C=O) groups excluding carboxylic acids is 2. The van der Waals surface area contributed by atoms with Gasteiger partial charge in [-0.3, -0.25) is 14.7 Å². The van der Waals surface area contributed by atoms with E-state index in [0.29, 0.717) is 0 Å². The third-order valence-corrected chi connectivity index (χ3v) is 1.59. The first-order valence-electron chi connectivity index (χ1n) is 3.25. The van der Waals surface area contributed by atoms with Crippen LogP contribution in [0.3, 0.4) is 0 Å². The first-order chi connectivity index (χ1) is 5.54. The highest BCUT2D eigenvalue weighted by Crippen LogP contribution is 2.18. The van der Waals surface area contributed by atoms with Crippen LogP contribution in [0.5, 0.6) is 0 Å². The number of aliphatic carboxylic acids is 1. The molecule has 5 heteroatoms. The van der Waals surface area contributed by atoms with Crippen molar-refractivity contribution in [3.63, 3.8) is 0 Å². The number of allylic oxidation sites excluding steroid dienone is 1. The fourth-order valence-corrected chi connectivity index (χ4v) is 0.933. The van der Waals surface area contributed by atoms with Crippen molar-refractivity contribution in [1.82, 2.24) is 0 Å². The highest BCUT2D eigenvalue weighted by Gasteiger charge is 2.32. The quantitative estimate of drug-likeness (QED) is 0.545. The third kappa shape index (κ3) is 1.20. The summed E-state index contributed by atoms with van der Waals surface area (Å²) in [6.45, 7) is 0. The van der Waals surface area contributed by atoms with E-state index in [1.165, 1.54) is 0 Å². The van der Waals surface area contributed by atoms with Crippen LogP contribution in [-0.2, 0) is 19.5 Å². The Morgan fingerprint density at radius 3 is 2.33 bits per heavy atom. The lowest BCUT2D eigenvalue weighted by Crippen LogP contribution is -2.24. The van der Waals surface area contributed by atoms with Crippen molar-refractivity contribution < 1.29 is 24.6 Å². The lowest BCUT2D eigenvalue weighted by molar-refractivity contribution is -0.139. The van der Waals surface area contributed by atoms with Crippen molar-refractivity contribution in [2.45, 2.75) is 12.8 Å². The van der Waals surface area contributed by atoms with Crippen molar-refractivity contribution in [3.05, 3.63) is 11.3 Å². The van der Waals surface area contributed by atoms with E-state index in [-0.39, 0.29) is 12.8 Å². The van der Waals surface area contributed by atoms with Gasteiger partial charge < -0.3 is 5.11 Å². The maximum Gasteiger partial charge on any atom is 0.335 e. The second-order valence-electron chi connectivity index (χ2n) is 2.37. The van der Waals surface area contributed by atoms with Gasteiger partial charge in [0.2, 0.25) is 11.5 Å². The van der Waals surface area contributed by atoms with Crippen molar-refractivity contribution in [1.29, 1.82) is 0 Å². The van der Waals surface area contributed by atoms with Crippen LogP contribution in [0.25, 0.3) is 0 Å². The molecule has 1 rings (SSSR count). The van der Waals surface area contributed by atoms with Gasteiger partial charge in [0.15, 0.2) is 0 Å². The summed E-state index contributed by atoms with van der Waals surface area (Å²) >= 11 is 0. The smallest absolute Gasteiger partial charge is 0.335 e. The maximum absolute atomic E-state index is 10.8. The van der Waals surface area contributed by atoms with Crippen LogP contribution in [0, 0.1) is 0 Å². The second kappa shape index (κ2) is 2.77. The van der Waals surface area contributed by atoms with Crippen LogP contribution in [0.4, 0.5) is 0 Å². The van der Waals surface area contributed by atoms with Gasteiger partial charge >= 0.3 is 5.97 Å². The van der Waals surface area contributed by atoms with Gasteiger partial charge in [0.1, 0.15) is 0 Å². The molecule has 0 bridgehead atoms. The van der Waals surface area contributed by atoms with Crippen LogP contribution in [-0.4, -0.2) is 22.6 Å². The summed E-state index contributed by atoms with van der Waals surface area (Å²) in [5.41, 5.74) is -0.486. The molecule has 0 amide bonds. The normalized spacial score (nSPS) is 18.3. The Morgan fingerprint density at radius 1 is 1.25 bits per heavy atom. The fraction of sp³-hybridized carbons (Fsp3) is 0.286. The van der Waals surface area contributed by atoms with Gasteiger partial charge in [-0.1, -0.05) is 0 Å². The Morgan fingerprint density at radius 2 is 1.83 bits per heavy atom. The first-order valence-corrected chi connectivity index (χ1v) is 3.25. The van der Waals surface area contributed by atoms with Crippen LogP contribution in [0.15, 0.2) is 11.3 Å². The summed E-state index contributed by atoms with van der Waals surface area (Å²) in [6.07, 6.45) is -0.315. The molecular formula is C7H5O5. The molecule has 0 spiro atoms. The molecule has 0 aromatic rings. The van der Waals surface area contributed by atoms with E-state index < -0.39 is 28.9 Å². The van der Waals surface area contributed by atoms with Crippen LogP contribution in [0.1, 0.15) is 12.8 Å². The van der Waals surface area contributed by atoms with E-state index in [4.69, 9.17) is 5.11 Å². The van der Waals surface area contributed by atoms with Gasteiger partial charge in [-0.2, -0.15) is 0 Å². The monoisotopic (exact) mass is 169 g/mol. The second-order valence-corrected chi connectivity index (χ2v) is 2.37. The molecule has 0 saturated heterocycles. The number of Topliss-reactive ketones (excluding diaryl/α,β-unsaturated/α-hetero) is 2. The van der Waals surface area contributed by atoms with Crippen LogP contribution < -0.4 is 0 Å². The molecule has 0 aromatic heterocycles. The molecule has 12 heavy (non-hydrogen) atoms. The van der Waals surface area contributed by atoms with Gasteiger partial charge in [0, 0.05) is 6.42 Å². The summed E-state index contributed by atoms with van der Waals surface area (Å²) in [7, 11) is 0. The highest BCUT2D eigenvalue weighted by molar-refractivity contribution is 6.44. The summed E-state index contributed by atoms with van der Waals surface area (Å²) in [5.74, 6) is -4.59. The summed E-state index contributed by atoms with van der Waals surface area (Å²) < 4.78 is 0. The SMILES string of the molecule is [O]C1=C(C(=O)O)CCC(=O)C1=O. The molecule has 1 aliphatic rings. The van der Waals surface area contributed by atoms with Crippen LogP contribution in [0.2, 0.25) is 0 Å². The van der Waals surface area contributed by atoms with E-state index in [9.17, 15) is 19.5 Å². The predicted octanol–water partition coefficient (Wildman–Crippen LogP) is -0.312. The lowest BCUT2D eigenvalue weighted by atomic mass is 9.96. The average Bonchev–Trinajstić information content (AvgIpc) is 2.00. The lowest BCUT2D eigenvalue weighted by Gasteiger charge is -2.07. The van der Waals surface area contributed by atoms with Gasteiger partial charge in [-0.25, -0.2) is 4.79 Å². The molecule has 0 saturated carbocycles. The van der Waals surface area contributed by atoms with Crippen molar-refractivity contribution in [3.8, 4) is 0 Å². The summed E-state index contributed by atoms with van der Waals surface area (Å²) in [4.78, 5) is 31.5.